The molecule has 0 saturated carbocycles. The van der Waals surface area contributed by atoms with Crippen LogP contribution in [0.15, 0.2) is 182 Å². The standard InChI is InChI=1S/C52H38FN/c1-51(2)44-20-10-6-17-38(44)41-28-25-35(31-47(41)51)54(50-23-13-9-16-37(50)33-14-4-3-5-15-33)36-26-29-43-42-27-24-34(53)30-48(42)52(49(43)32-36)45-21-11-7-18-39(45)40-19-8-12-22-46(40)52/h3-32,39,45H,1-2H3. The van der Waals surface area contributed by atoms with Crippen molar-refractivity contribution in [1.29, 1.82) is 0 Å². The molecule has 3 unspecified atom stereocenters. The van der Waals surface area contributed by atoms with Crippen molar-refractivity contribution in [3.63, 3.8) is 0 Å². The van der Waals surface area contributed by atoms with E-state index >= 15 is 4.39 Å². The molecule has 2 heteroatoms. The lowest BCUT2D eigenvalue weighted by atomic mass is 9.65. The molecule has 11 rings (SSSR count). The predicted octanol–water partition coefficient (Wildman–Crippen LogP) is 13.4. The Kier molecular flexibility index (Phi) is 6.59. The highest BCUT2D eigenvalue weighted by atomic mass is 19.1. The van der Waals surface area contributed by atoms with Gasteiger partial charge in [0, 0.05) is 34.2 Å². The van der Waals surface area contributed by atoms with Crippen LogP contribution in [0.1, 0.15) is 53.1 Å². The van der Waals surface area contributed by atoms with Crippen LogP contribution in [-0.4, -0.2) is 0 Å². The van der Waals surface area contributed by atoms with Crippen LogP contribution in [0.4, 0.5) is 21.5 Å². The summed E-state index contributed by atoms with van der Waals surface area (Å²) < 4.78 is 15.5. The summed E-state index contributed by atoms with van der Waals surface area (Å²) in [5.41, 5.74) is 17.4. The Labute approximate surface area is 316 Å². The number of fused-ring (bicyclic) bond motifs is 13. The normalized spacial score (nSPS) is 20.2. The number of hydrogen-bond acceptors (Lipinski definition) is 1. The minimum absolute atomic E-state index is 0.112. The molecule has 0 amide bonds. The second kappa shape index (κ2) is 11.4. The molecule has 1 nitrogen and oxygen atoms in total. The van der Waals surface area contributed by atoms with Crippen LogP contribution in [0.5, 0.6) is 0 Å². The van der Waals surface area contributed by atoms with Gasteiger partial charge in [0.15, 0.2) is 0 Å². The molecule has 0 heterocycles. The molecule has 258 valence electrons. The van der Waals surface area contributed by atoms with Crippen molar-refractivity contribution in [2.75, 3.05) is 4.90 Å². The van der Waals surface area contributed by atoms with Gasteiger partial charge in [0.2, 0.25) is 0 Å². The van der Waals surface area contributed by atoms with Crippen LogP contribution in [0.3, 0.4) is 0 Å². The zero-order valence-corrected chi connectivity index (χ0v) is 30.3. The van der Waals surface area contributed by atoms with Gasteiger partial charge in [-0.1, -0.05) is 153 Å². The predicted molar refractivity (Wildman–Crippen MR) is 220 cm³/mol. The summed E-state index contributed by atoms with van der Waals surface area (Å²) in [6.07, 6.45) is 9.06. The molecule has 0 N–H and O–H groups in total. The number of nitrogens with zero attached hydrogens (tertiary/aromatic N) is 1. The van der Waals surface area contributed by atoms with Crippen LogP contribution >= 0.6 is 0 Å². The second-order valence-electron chi connectivity index (χ2n) is 15.8. The van der Waals surface area contributed by atoms with E-state index < -0.39 is 5.41 Å². The Bertz CT molecular complexity index is 2730. The lowest BCUT2D eigenvalue weighted by Crippen LogP contribution is -2.33. The molecule has 0 aliphatic heterocycles. The maximum Gasteiger partial charge on any atom is 0.123 e. The molecule has 0 bridgehead atoms. The Morgan fingerprint density at radius 3 is 1.85 bits per heavy atom. The molecule has 1 spiro atoms. The maximum absolute atomic E-state index is 15.5. The molecule has 0 radical (unpaired) electrons. The van der Waals surface area contributed by atoms with Crippen LogP contribution in [-0.2, 0) is 10.8 Å². The van der Waals surface area contributed by atoms with E-state index in [1.807, 2.05) is 12.1 Å². The Balaban J connectivity index is 1.19. The van der Waals surface area contributed by atoms with Gasteiger partial charge in [-0.25, -0.2) is 4.39 Å². The summed E-state index contributed by atoms with van der Waals surface area (Å²) in [6.45, 7) is 4.69. The number of allylic oxidation sites excluding steroid dienone is 4. The van der Waals surface area contributed by atoms with Crippen LogP contribution in [0.25, 0.3) is 33.4 Å². The number of halogens is 1. The first-order chi connectivity index (χ1) is 26.5. The fraction of sp³-hybridized carbons (Fsp3) is 0.115. The minimum Gasteiger partial charge on any atom is -0.310 e. The van der Waals surface area contributed by atoms with Gasteiger partial charge in [0.05, 0.1) is 11.1 Å². The molecule has 7 aromatic rings. The summed E-state index contributed by atoms with van der Waals surface area (Å²) >= 11 is 0. The van der Waals surface area contributed by atoms with Gasteiger partial charge in [0.1, 0.15) is 5.82 Å². The van der Waals surface area contributed by atoms with Crippen LogP contribution < -0.4 is 4.90 Å². The SMILES string of the molecule is CC1(C)c2ccccc2-c2ccc(N(c3ccc4c(c3)C3(c5cc(F)ccc5-4)c4ccccc4C4C=CC=CC43)c3ccccc3-c3ccccc3)cc21. The molecular weight excluding hydrogens is 658 g/mol. The Morgan fingerprint density at radius 2 is 1.06 bits per heavy atom. The lowest BCUT2D eigenvalue weighted by Gasteiger charge is -2.37. The maximum atomic E-state index is 15.5. The first kappa shape index (κ1) is 31.3. The fourth-order valence-corrected chi connectivity index (χ4v) is 10.5. The lowest BCUT2D eigenvalue weighted by molar-refractivity contribution is 0.463. The van der Waals surface area contributed by atoms with Gasteiger partial charge in [-0.05, 0) is 104 Å². The molecule has 0 fully saturated rings. The Morgan fingerprint density at radius 1 is 0.481 bits per heavy atom. The summed E-state index contributed by atoms with van der Waals surface area (Å²) in [7, 11) is 0. The average molecular weight is 696 g/mol. The summed E-state index contributed by atoms with van der Waals surface area (Å²) in [5.74, 6) is 0.117. The molecule has 4 aliphatic carbocycles. The Hall–Kier alpha value is -6.25. The third kappa shape index (κ3) is 4.14. The quantitative estimate of drug-likeness (QED) is 0.177. The number of rotatable bonds is 4. The van der Waals surface area contributed by atoms with Crippen molar-refractivity contribution in [1.82, 2.24) is 0 Å². The van der Waals surface area contributed by atoms with E-state index in [1.165, 1.54) is 50.1 Å². The van der Waals surface area contributed by atoms with Crippen molar-refractivity contribution < 1.29 is 4.39 Å². The number of hydrogen-bond donors (Lipinski definition) is 0. The van der Waals surface area contributed by atoms with Crippen molar-refractivity contribution in [3.05, 3.63) is 221 Å². The smallest absolute Gasteiger partial charge is 0.123 e. The first-order valence-corrected chi connectivity index (χ1v) is 19.0. The summed E-state index contributed by atoms with van der Waals surface area (Å²) in [4.78, 5) is 2.45. The van der Waals surface area contributed by atoms with E-state index in [9.17, 15) is 0 Å². The van der Waals surface area contributed by atoms with Gasteiger partial charge >= 0.3 is 0 Å². The zero-order chi connectivity index (χ0) is 36.2. The highest BCUT2D eigenvalue weighted by Crippen LogP contribution is 2.66. The number of anilines is 3. The molecular formula is C52H38FN. The van der Waals surface area contributed by atoms with E-state index in [-0.39, 0.29) is 23.1 Å². The van der Waals surface area contributed by atoms with Crippen molar-refractivity contribution in [3.8, 4) is 33.4 Å². The van der Waals surface area contributed by atoms with E-state index in [1.54, 1.807) is 6.07 Å². The molecule has 4 aliphatic rings. The van der Waals surface area contributed by atoms with E-state index in [4.69, 9.17) is 0 Å². The molecule has 54 heavy (non-hydrogen) atoms. The van der Waals surface area contributed by atoms with Gasteiger partial charge in [-0.3, -0.25) is 0 Å². The second-order valence-corrected chi connectivity index (χ2v) is 15.8. The van der Waals surface area contributed by atoms with Crippen molar-refractivity contribution >= 4 is 17.1 Å². The molecule has 0 saturated heterocycles. The van der Waals surface area contributed by atoms with Gasteiger partial charge in [0.25, 0.3) is 0 Å². The van der Waals surface area contributed by atoms with Gasteiger partial charge < -0.3 is 4.90 Å². The third-order valence-electron chi connectivity index (χ3n) is 12.8. The minimum atomic E-state index is -0.544. The highest BCUT2D eigenvalue weighted by molar-refractivity contribution is 5.93. The number of benzene rings is 7. The van der Waals surface area contributed by atoms with Gasteiger partial charge in [-0.2, -0.15) is 0 Å². The first-order valence-electron chi connectivity index (χ1n) is 19.0. The summed E-state index contributed by atoms with van der Waals surface area (Å²) in [6, 6.07) is 56.6. The largest absolute Gasteiger partial charge is 0.310 e. The average Bonchev–Trinajstić information content (AvgIpc) is 3.76. The van der Waals surface area contributed by atoms with E-state index in [0.717, 1.165) is 33.8 Å². The molecule has 7 aromatic carbocycles. The topological polar surface area (TPSA) is 3.24 Å². The third-order valence-corrected chi connectivity index (χ3v) is 12.8. The number of para-hydroxylation sites is 1. The van der Waals surface area contributed by atoms with Crippen LogP contribution in [0.2, 0.25) is 0 Å². The molecule has 0 aromatic heterocycles. The van der Waals surface area contributed by atoms with Crippen LogP contribution in [0, 0.1) is 11.7 Å². The van der Waals surface area contributed by atoms with E-state index in [0.29, 0.717) is 0 Å². The van der Waals surface area contributed by atoms with Crippen molar-refractivity contribution in [2.24, 2.45) is 5.92 Å². The fourth-order valence-electron chi connectivity index (χ4n) is 10.5. The summed E-state index contributed by atoms with van der Waals surface area (Å²) in [5, 5.41) is 0. The monoisotopic (exact) mass is 695 g/mol. The zero-order valence-electron chi connectivity index (χ0n) is 30.3. The van der Waals surface area contributed by atoms with Gasteiger partial charge in [-0.15, -0.1) is 0 Å². The van der Waals surface area contributed by atoms with Crippen molar-refractivity contribution in [2.45, 2.75) is 30.6 Å². The highest BCUT2D eigenvalue weighted by Gasteiger charge is 2.57. The molecule has 3 atom stereocenters. The van der Waals surface area contributed by atoms with E-state index in [2.05, 4.69) is 183 Å².